The molecule has 2 unspecified atom stereocenters. The van der Waals surface area contributed by atoms with Gasteiger partial charge in [-0.1, -0.05) is 6.07 Å². The molecule has 0 radical (unpaired) electrons. The first-order valence-electron chi connectivity index (χ1n) is 6.30. The molecule has 100 valence electrons. The Bertz CT molecular complexity index is 374. The molecule has 4 nitrogen and oxygen atoms in total. The average molecular weight is 268 g/mol. The van der Waals surface area contributed by atoms with Gasteiger partial charge in [0.15, 0.2) is 0 Å². The molecule has 1 aromatic heterocycles. The van der Waals surface area contributed by atoms with Gasteiger partial charge in [0.05, 0.1) is 6.61 Å². The number of carbonyl (C=O) groups excluding carboxylic acids is 1. The molecule has 1 saturated heterocycles. The fourth-order valence-electron chi connectivity index (χ4n) is 2.03. The molecule has 0 aromatic carbocycles. The van der Waals surface area contributed by atoms with E-state index in [1.165, 1.54) is 4.88 Å². The van der Waals surface area contributed by atoms with Crippen molar-refractivity contribution in [3.05, 3.63) is 22.4 Å². The van der Waals surface area contributed by atoms with Gasteiger partial charge in [0.25, 0.3) is 5.91 Å². The van der Waals surface area contributed by atoms with Gasteiger partial charge in [0, 0.05) is 37.5 Å². The van der Waals surface area contributed by atoms with Gasteiger partial charge in [-0.25, -0.2) is 0 Å². The van der Waals surface area contributed by atoms with Crippen molar-refractivity contribution in [3.8, 4) is 0 Å². The number of carbonyl (C=O) groups is 1. The van der Waals surface area contributed by atoms with Crippen molar-refractivity contribution in [2.24, 2.45) is 0 Å². The second kappa shape index (κ2) is 6.31. The molecule has 0 bridgehead atoms. The third kappa shape index (κ3) is 3.31. The van der Waals surface area contributed by atoms with E-state index in [9.17, 15) is 4.79 Å². The number of morpholine rings is 1. The highest BCUT2D eigenvalue weighted by atomic mass is 32.1. The Hall–Kier alpha value is -0.910. The van der Waals surface area contributed by atoms with Gasteiger partial charge >= 0.3 is 0 Å². The summed E-state index contributed by atoms with van der Waals surface area (Å²) >= 11 is 1.73. The van der Waals surface area contributed by atoms with Crippen molar-refractivity contribution in [2.45, 2.75) is 25.5 Å². The normalized spacial score (nSPS) is 21.6. The monoisotopic (exact) mass is 268 g/mol. The third-order valence-corrected chi connectivity index (χ3v) is 4.19. The van der Waals surface area contributed by atoms with Gasteiger partial charge in [-0.3, -0.25) is 4.79 Å². The van der Waals surface area contributed by atoms with Crippen LogP contribution in [0.2, 0.25) is 0 Å². The summed E-state index contributed by atoms with van der Waals surface area (Å²) in [5, 5.41) is 5.25. The smallest absolute Gasteiger partial charge is 0.253 e. The first kappa shape index (κ1) is 13.5. The lowest BCUT2D eigenvalue weighted by atomic mass is 10.1. The van der Waals surface area contributed by atoms with Crippen molar-refractivity contribution in [3.63, 3.8) is 0 Å². The van der Waals surface area contributed by atoms with Crippen LogP contribution in [-0.4, -0.2) is 49.7 Å². The summed E-state index contributed by atoms with van der Waals surface area (Å²) in [4.78, 5) is 15.3. The predicted octanol–water partition coefficient (Wildman–Crippen LogP) is 1.13. The Labute approximate surface area is 112 Å². The second-order valence-corrected chi connectivity index (χ2v) is 5.68. The van der Waals surface area contributed by atoms with E-state index in [4.69, 9.17) is 4.74 Å². The van der Waals surface area contributed by atoms with Crippen molar-refractivity contribution in [2.75, 3.05) is 26.7 Å². The molecule has 18 heavy (non-hydrogen) atoms. The molecule has 1 aliphatic rings. The van der Waals surface area contributed by atoms with Gasteiger partial charge in [0.2, 0.25) is 0 Å². The summed E-state index contributed by atoms with van der Waals surface area (Å²) < 4.78 is 5.50. The predicted molar refractivity (Wildman–Crippen MR) is 72.9 cm³/mol. The molecule has 2 rings (SSSR count). The molecule has 2 heterocycles. The van der Waals surface area contributed by atoms with E-state index in [2.05, 4.69) is 23.7 Å². The summed E-state index contributed by atoms with van der Waals surface area (Å²) in [6, 6.07) is 4.35. The zero-order valence-electron chi connectivity index (χ0n) is 10.9. The Morgan fingerprint density at radius 2 is 2.56 bits per heavy atom. The van der Waals surface area contributed by atoms with Crippen LogP contribution in [0.3, 0.4) is 0 Å². The van der Waals surface area contributed by atoms with E-state index >= 15 is 0 Å². The number of thiophene rings is 1. The molecule has 2 atom stereocenters. The minimum absolute atomic E-state index is 0.0752. The molecule has 5 heteroatoms. The molecular formula is C13H20N2O2S. The van der Waals surface area contributed by atoms with Crippen LogP contribution < -0.4 is 5.32 Å². The molecule has 0 saturated carbocycles. The summed E-state index contributed by atoms with van der Waals surface area (Å²) in [5.41, 5.74) is 0. The van der Waals surface area contributed by atoms with Crippen LogP contribution in [0.25, 0.3) is 0 Å². The number of nitrogens with zero attached hydrogens (tertiary/aromatic N) is 1. The van der Waals surface area contributed by atoms with Crippen LogP contribution in [0.15, 0.2) is 17.5 Å². The summed E-state index contributed by atoms with van der Waals surface area (Å²) in [6.45, 7) is 4.14. The van der Waals surface area contributed by atoms with Gasteiger partial charge in [0.1, 0.15) is 6.10 Å². The lowest BCUT2D eigenvalue weighted by Gasteiger charge is -2.30. The van der Waals surface area contributed by atoms with E-state index in [0.29, 0.717) is 13.2 Å². The van der Waals surface area contributed by atoms with E-state index in [0.717, 1.165) is 13.0 Å². The van der Waals surface area contributed by atoms with Crippen LogP contribution >= 0.6 is 11.3 Å². The number of hydrogen-bond donors (Lipinski definition) is 1. The Morgan fingerprint density at radius 3 is 3.17 bits per heavy atom. The van der Waals surface area contributed by atoms with Gasteiger partial charge < -0.3 is 15.0 Å². The van der Waals surface area contributed by atoms with Crippen molar-refractivity contribution < 1.29 is 9.53 Å². The Balaban J connectivity index is 1.88. The van der Waals surface area contributed by atoms with Crippen LogP contribution in [0, 0.1) is 0 Å². The second-order valence-electron chi connectivity index (χ2n) is 4.65. The van der Waals surface area contributed by atoms with E-state index in [-0.39, 0.29) is 18.1 Å². The van der Waals surface area contributed by atoms with Crippen molar-refractivity contribution >= 4 is 17.2 Å². The van der Waals surface area contributed by atoms with E-state index < -0.39 is 0 Å². The van der Waals surface area contributed by atoms with E-state index in [1.807, 2.05) is 13.1 Å². The largest absolute Gasteiger partial charge is 0.366 e. The number of hydrogen-bond acceptors (Lipinski definition) is 4. The van der Waals surface area contributed by atoms with Crippen molar-refractivity contribution in [1.82, 2.24) is 10.2 Å². The minimum Gasteiger partial charge on any atom is -0.366 e. The number of rotatable bonds is 4. The third-order valence-electron chi connectivity index (χ3n) is 3.29. The van der Waals surface area contributed by atoms with Gasteiger partial charge in [-0.05, 0) is 18.4 Å². The van der Waals surface area contributed by atoms with Gasteiger partial charge in [-0.15, -0.1) is 11.3 Å². The molecule has 1 amide bonds. The first-order valence-corrected chi connectivity index (χ1v) is 7.18. The van der Waals surface area contributed by atoms with Gasteiger partial charge in [-0.2, -0.15) is 0 Å². The Kier molecular flexibility index (Phi) is 4.74. The molecule has 1 aliphatic heterocycles. The maximum atomic E-state index is 12.2. The molecular weight excluding hydrogens is 248 g/mol. The highest BCUT2D eigenvalue weighted by Crippen LogP contribution is 2.14. The standard InChI is InChI=1S/C13H20N2O2S/c1-10(8-11-4-3-7-18-11)15(2)13(16)12-9-14-5-6-17-12/h3-4,7,10,12,14H,5-6,8-9H2,1-2H3. The lowest BCUT2D eigenvalue weighted by Crippen LogP contribution is -2.50. The average Bonchev–Trinajstić information content (AvgIpc) is 2.91. The van der Waals surface area contributed by atoms with Crippen LogP contribution in [0.1, 0.15) is 11.8 Å². The topological polar surface area (TPSA) is 41.6 Å². The van der Waals surface area contributed by atoms with Crippen LogP contribution in [0.4, 0.5) is 0 Å². The lowest BCUT2D eigenvalue weighted by molar-refractivity contribution is -0.145. The van der Waals surface area contributed by atoms with E-state index in [1.54, 1.807) is 16.2 Å². The summed E-state index contributed by atoms with van der Waals surface area (Å²) in [6.07, 6.45) is 0.578. The summed E-state index contributed by atoms with van der Waals surface area (Å²) in [7, 11) is 1.86. The fourth-order valence-corrected chi connectivity index (χ4v) is 2.85. The number of likely N-dealkylation sites (N-methyl/N-ethyl adjacent to an activating group) is 1. The molecule has 1 fully saturated rings. The summed E-state index contributed by atoms with van der Waals surface area (Å²) in [5.74, 6) is 0.0752. The molecule has 0 spiro atoms. The maximum absolute atomic E-state index is 12.2. The Morgan fingerprint density at radius 1 is 1.72 bits per heavy atom. The van der Waals surface area contributed by atoms with Crippen molar-refractivity contribution in [1.29, 1.82) is 0 Å². The SMILES string of the molecule is CC(Cc1cccs1)N(C)C(=O)C1CNCCO1. The van der Waals surface area contributed by atoms with Crippen LogP contribution in [0.5, 0.6) is 0 Å². The quantitative estimate of drug-likeness (QED) is 0.890. The molecule has 0 aliphatic carbocycles. The zero-order valence-corrected chi connectivity index (χ0v) is 11.7. The molecule has 1 aromatic rings. The van der Waals surface area contributed by atoms with Crippen LogP contribution in [-0.2, 0) is 16.0 Å². The molecule has 1 N–H and O–H groups in total. The maximum Gasteiger partial charge on any atom is 0.253 e. The zero-order chi connectivity index (χ0) is 13.0. The number of amides is 1. The fraction of sp³-hybridized carbons (Fsp3) is 0.615. The number of nitrogens with one attached hydrogen (secondary N) is 1. The number of ether oxygens (including phenoxy) is 1. The first-order chi connectivity index (χ1) is 8.68. The highest BCUT2D eigenvalue weighted by Gasteiger charge is 2.27. The highest BCUT2D eigenvalue weighted by molar-refractivity contribution is 7.09. The minimum atomic E-state index is -0.325.